The summed E-state index contributed by atoms with van der Waals surface area (Å²) >= 11 is 0. The van der Waals surface area contributed by atoms with Gasteiger partial charge in [-0.3, -0.25) is 4.79 Å². The molecule has 2 fully saturated rings. The molecule has 27 heavy (non-hydrogen) atoms. The first-order chi connectivity index (χ1) is 12.5. The topological polar surface area (TPSA) is 44.8 Å². The number of hydrogen-bond donors (Lipinski definition) is 1. The SMILES string of the molecule is CC(=O)N1CCC(NC2CC3(CCN(C)CC3)Oc3ccccc32)CC1.Cl. The van der Waals surface area contributed by atoms with Gasteiger partial charge in [-0.15, -0.1) is 12.4 Å². The highest BCUT2D eigenvalue weighted by molar-refractivity contribution is 5.85. The Balaban J connectivity index is 0.00000210. The average Bonchev–Trinajstić information content (AvgIpc) is 2.65. The molecule has 1 atom stereocenters. The summed E-state index contributed by atoms with van der Waals surface area (Å²) in [6, 6.07) is 9.35. The number of likely N-dealkylation sites (tertiary alicyclic amines) is 2. The van der Waals surface area contributed by atoms with Gasteiger partial charge < -0.3 is 19.9 Å². The molecule has 3 heterocycles. The third-order valence-electron chi connectivity index (χ3n) is 6.47. The number of fused-ring (bicyclic) bond motifs is 1. The number of benzene rings is 1. The number of nitrogens with zero attached hydrogens (tertiary/aromatic N) is 2. The standard InChI is InChI=1S/C21H31N3O2.ClH/c1-16(25)24-11-7-17(8-12-24)22-19-15-21(9-13-23(2)14-10-21)26-20-6-4-3-5-18(19)20;/h3-6,17,19,22H,7-15H2,1-2H3;1H. The van der Waals surface area contributed by atoms with E-state index in [1.807, 2.05) is 4.90 Å². The summed E-state index contributed by atoms with van der Waals surface area (Å²) in [6.45, 7) is 5.62. The van der Waals surface area contributed by atoms with Gasteiger partial charge in [0.25, 0.3) is 0 Å². The van der Waals surface area contributed by atoms with E-state index in [1.54, 1.807) is 6.92 Å². The molecular weight excluding hydrogens is 362 g/mol. The zero-order chi connectivity index (χ0) is 18.1. The molecule has 0 bridgehead atoms. The summed E-state index contributed by atoms with van der Waals surface area (Å²) in [5.74, 6) is 1.26. The number of hydrogen-bond acceptors (Lipinski definition) is 4. The van der Waals surface area contributed by atoms with Crippen molar-refractivity contribution in [1.29, 1.82) is 0 Å². The minimum absolute atomic E-state index is 0. The molecule has 0 aliphatic carbocycles. The maximum atomic E-state index is 11.6. The lowest BCUT2D eigenvalue weighted by molar-refractivity contribution is -0.129. The number of carbonyl (C=O) groups is 1. The molecular formula is C21H32ClN3O2. The number of carbonyl (C=O) groups excluding carboxylic acids is 1. The highest BCUT2D eigenvalue weighted by atomic mass is 35.5. The van der Waals surface area contributed by atoms with Gasteiger partial charge in [0, 0.05) is 57.2 Å². The van der Waals surface area contributed by atoms with E-state index in [4.69, 9.17) is 4.74 Å². The maximum Gasteiger partial charge on any atom is 0.219 e. The second-order valence-electron chi connectivity index (χ2n) is 8.33. The maximum absolute atomic E-state index is 11.6. The van der Waals surface area contributed by atoms with Crippen molar-refractivity contribution in [2.75, 3.05) is 33.2 Å². The Hall–Kier alpha value is -1.30. The molecule has 150 valence electrons. The highest BCUT2D eigenvalue weighted by Gasteiger charge is 2.43. The number of ether oxygens (including phenoxy) is 1. The van der Waals surface area contributed by atoms with Gasteiger partial charge in [0.1, 0.15) is 11.4 Å². The summed E-state index contributed by atoms with van der Waals surface area (Å²) in [5.41, 5.74) is 1.27. The van der Waals surface area contributed by atoms with Gasteiger partial charge in [0.2, 0.25) is 5.91 Å². The van der Waals surface area contributed by atoms with E-state index in [0.29, 0.717) is 12.1 Å². The van der Waals surface area contributed by atoms with Crippen molar-refractivity contribution in [2.45, 2.75) is 56.7 Å². The molecule has 1 unspecified atom stereocenters. The molecule has 1 aromatic carbocycles. The van der Waals surface area contributed by atoms with Crippen molar-refractivity contribution in [3.63, 3.8) is 0 Å². The lowest BCUT2D eigenvalue weighted by Gasteiger charge is -2.47. The Morgan fingerprint density at radius 2 is 1.81 bits per heavy atom. The van der Waals surface area contributed by atoms with Crippen LogP contribution in [0.1, 0.15) is 50.6 Å². The number of rotatable bonds is 2. The molecule has 0 radical (unpaired) electrons. The van der Waals surface area contributed by atoms with E-state index in [1.165, 1.54) is 5.56 Å². The van der Waals surface area contributed by atoms with Crippen LogP contribution in [-0.4, -0.2) is 60.6 Å². The van der Waals surface area contributed by atoms with Crippen LogP contribution in [-0.2, 0) is 4.79 Å². The van der Waals surface area contributed by atoms with E-state index in [-0.39, 0.29) is 23.9 Å². The molecule has 0 saturated carbocycles. The number of piperidine rings is 2. The van der Waals surface area contributed by atoms with E-state index < -0.39 is 0 Å². The van der Waals surface area contributed by atoms with Gasteiger partial charge in [-0.2, -0.15) is 0 Å². The zero-order valence-electron chi connectivity index (χ0n) is 16.4. The summed E-state index contributed by atoms with van der Waals surface area (Å²) in [4.78, 5) is 15.9. The van der Waals surface area contributed by atoms with Gasteiger partial charge >= 0.3 is 0 Å². The molecule has 2 saturated heterocycles. The van der Waals surface area contributed by atoms with Crippen LogP contribution in [0.2, 0.25) is 0 Å². The summed E-state index contributed by atoms with van der Waals surface area (Å²) in [7, 11) is 2.20. The smallest absolute Gasteiger partial charge is 0.219 e. The largest absolute Gasteiger partial charge is 0.487 e. The third-order valence-corrected chi connectivity index (χ3v) is 6.47. The quantitative estimate of drug-likeness (QED) is 0.838. The van der Waals surface area contributed by atoms with Crippen molar-refractivity contribution in [2.24, 2.45) is 0 Å². The minimum Gasteiger partial charge on any atom is -0.487 e. The molecule has 3 aliphatic rings. The fraction of sp³-hybridized carbons (Fsp3) is 0.667. The second kappa shape index (κ2) is 8.38. The fourth-order valence-corrected chi connectivity index (χ4v) is 4.74. The minimum atomic E-state index is -0.0292. The van der Waals surface area contributed by atoms with Crippen LogP contribution in [0.4, 0.5) is 0 Å². The van der Waals surface area contributed by atoms with E-state index >= 15 is 0 Å². The molecule has 5 nitrogen and oxygen atoms in total. The van der Waals surface area contributed by atoms with E-state index in [9.17, 15) is 4.79 Å². The first kappa shape index (κ1) is 20.4. The van der Waals surface area contributed by atoms with Crippen LogP contribution in [0.25, 0.3) is 0 Å². The molecule has 1 amide bonds. The van der Waals surface area contributed by atoms with Crippen molar-refractivity contribution >= 4 is 18.3 Å². The van der Waals surface area contributed by atoms with Gasteiger partial charge in [0.05, 0.1) is 0 Å². The first-order valence-electron chi connectivity index (χ1n) is 10.0. The summed E-state index contributed by atoms with van der Waals surface area (Å²) in [5, 5.41) is 3.92. The van der Waals surface area contributed by atoms with Gasteiger partial charge in [-0.05, 0) is 38.8 Å². The Kier molecular flexibility index (Phi) is 6.34. The van der Waals surface area contributed by atoms with Crippen molar-refractivity contribution in [1.82, 2.24) is 15.1 Å². The molecule has 1 spiro atoms. The lowest BCUT2D eigenvalue weighted by atomic mass is 9.80. The predicted molar refractivity (Wildman–Crippen MR) is 110 cm³/mol. The van der Waals surface area contributed by atoms with E-state index in [2.05, 4.69) is 41.5 Å². The predicted octanol–water partition coefficient (Wildman–Crippen LogP) is 3.00. The zero-order valence-corrected chi connectivity index (χ0v) is 17.3. The Labute approximate surface area is 168 Å². The van der Waals surface area contributed by atoms with Crippen LogP contribution in [0.3, 0.4) is 0 Å². The molecule has 6 heteroatoms. The first-order valence-corrected chi connectivity index (χ1v) is 10.0. The van der Waals surface area contributed by atoms with Crippen LogP contribution in [0.15, 0.2) is 24.3 Å². The third kappa shape index (κ3) is 4.41. The average molecular weight is 394 g/mol. The highest BCUT2D eigenvalue weighted by Crippen LogP contribution is 2.44. The van der Waals surface area contributed by atoms with Crippen molar-refractivity contribution in [3.05, 3.63) is 29.8 Å². The van der Waals surface area contributed by atoms with Gasteiger partial charge in [-0.25, -0.2) is 0 Å². The summed E-state index contributed by atoms with van der Waals surface area (Å²) in [6.07, 6.45) is 5.31. The monoisotopic (exact) mass is 393 g/mol. The molecule has 3 aliphatic heterocycles. The van der Waals surface area contributed by atoms with Gasteiger partial charge in [0.15, 0.2) is 0 Å². The number of amides is 1. The number of nitrogens with one attached hydrogen (secondary N) is 1. The van der Waals surface area contributed by atoms with Crippen molar-refractivity contribution in [3.8, 4) is 5.75 Å². The summed E-state index contributed by atoms with van der Waals surface area (Å²) < 4.78 is 6.56. The van der Waals surface area contributed by atoms with Gasteiger partial charge in [-0.1, -0.05) is 18.2 Å². The molecule has 4 rings (SSSR count). The number of halogens is 1. The Morgan fingerprint density at radius 3 is 2.48 bits per heavy atom. The fourth-order valence-electron chi connectivity index (χ4n) is 4.74. The van der Waals surface area contributed by atoms with Crippen LogP contribution < -0.4 is 10.1 Å². The lowest BCUT2D eigenvalue weighted by Crippen LogP contribution is -2.53. The molecule has 1 N–H and O–H groups in total. The number of para-hydroxylation sites is 1. The van der Waals surface area contributed by atoms with Crippen LogP contribution in [0.5, 0.6) is 5.75 Å². The molecule has 0 aromatic heterocycles. The Morgan fingerprint density at radius 1 is 1.15 bits per heavy atom. The Bertz CT molecular complexity index is 653. The van der Waals surface area contributed by atoms with Crippen LogP contribution >= 0.6 is 12.4 Å². The molecule has 1 aromatic rings. The normalized spacial score (nSPS) is 25.4. The van der Waals surface area contributed by atoms with Crippen LogP contribution in [0, 0.1) is 0 Å². The van der Waals surface area contributed by atoms with Crippen molar-refractivity contribution < 1.29 is 9.53 Å². The second-order valence-corrected chi connectivity index (χ2v) is 8.33. The van der Waals surface area contributed by atoms with E-state index in [0.717, 1.165) is 64.0 Å².